The molecule has 0 radical (unpaired) electrons. The van der Waals surface area contributed by atoms with Crippen molar-refractivity contribution in [1.29, 1.82) is 0 Å². The van der Waals surface area contributed by atoms with E-state index in [0.717, 1.165) is 22.6 Å². The number of nitrogens with one attached hydrogen (secondary N) is 1. The molecule has 0 saturated carbocycles. The number of fused-ring (bicyclic) bond motifs is 1. The molecule has 0 bridgehead atoms. The third-order valence-corrected chi connectivity index (χ3v) is 6.40. The van der Waals surface area contributed by atoms with Crippen LogP contribution in [0.15, 0.2) is 48.5 Å². The van der Waals surface area contributed by atoms with Gasteiger partial charge in [-0.25, -0.2) is 4.79 Å². The summed E-state index contributed by atoms with van der Waals surface area (Å²) in [5.74, 6) is 0.199. The minimum absolute atomic E-state index is 0.289. The van der Waals surface area contributed by atoms with Gasteiger partial charge in [0.05, 0.1) is 12.8 Å². The van der Waals surface area contributed by atoms with Crippen LogP contribution in [0, 0.1) is 0 Å². The molecule has 2 aromatic rings. The van der Waals surface area contributed by atoms with E-state index in [-0.39, 0.29) is 18.4 Å². The fraction of sp³-hybridized carbons (Fsp3) is 0.375. The van der Waals surface area contributed by atoms with Crippen molar-refractivity contribution >= 4 is 23.5 Å². The summed E-state index contributed by atoms with van der Waals surface area (Å²) < 4.78 is 5.51. The van der Waals surface area contributed by atoms with Gasteiger partial charge in [-0.3, -0.25) is 14.5 Å². The summed E-state index contributed by atoms with van der Waals surface area (Å²) in [7, 11) is 1.57. The third-order valence-electron chi connectivity index (χ3n) is 6.40. The number of hydrogen-bond acceptors (Lipinski definition) is 4. The van der Waals surface area contributed by atoms with Crippen LogP contribution in [-0.2, 0) is 15.1 Å². The monoisotopic (exact) mass is 421 g/mol. The van der Waals surface area contributed by atoms with Crippen LogP contribution in [0.2, 0.25) is 0 Å². The number of carbonyl (C=O) groups is 3. The van der Waals surface area contributed by atoms with Crippen molar-refractivity contribution in [2.75, 3.05) is 25.1 Å². The molecular weight excluding hydrogens is 394 g/mol. The zero-order valence-corrected chi connectivity index (χ0v) is 18.1. The summed E-state index contributed by atoms with van der Waals surface area (Å²) in [6, 6.07) is 14.3. The highest BCUT2D eigenvalue weighted by molar-refractivity contribution is 6.11. The fourth-order valence-electron chi connectivity index (χ4n) is 4.58. The molecule has 162 valence electrons. The Kier molecular flexibility index (Phi) is 5.43. The Hall–Kier alpha value is -3.35. The fourth-order valence-corrected chi connectivity index (χ4v) is 4.58. The number of ether oxygens (including phenoxy) is 1. The van der Waals surface area contributed by atoms with Gasteiger partial charge in [-0.15, -0.1) is 0 Å². The number of amides is 4. The van der Waals surface area contributed by atoms with Crippen molar-refractivity contribution in [2.45, 2.75) is 38.1 Å². The second-order valence-corrected chi connectivity index (χ2v) is 8.08. The zero-order valence-electron chi connectivity index (χ0n) is 18.1. The molecule has 4 rings (SSSR count). The molecular formula is C24H27N3O4. The second-order valence-electron chi connectivity index (χ2n) is 8.08. The average molecular weight is 421 g/mol. The summed E-state index contributed by atoms with van der Waals surface area (Å²) in [6.07, 6.45) is 1.19. The standard InChI is InChI=1S/C24H27N3O4/c1-4-24(17-9-6-5-7-10-17)22(29)27(23(30)25-24)15-20(28)26-14-13-16(2)18-11-8-12-19(31-3)21(18)26/h5-12,16H,4,13-15H2,1-3H3,(H,25,30)/t16-,24-/m1/s1. The number of carbonyl (C=O) groups excluding carboxylic acids is 3. The highest BCUT2D eigenvalue weighted by Crippen LogP contribution is 2.41. The number of methoxy groups -OCH3 is 1. The Bertz CT molecular complexity index is 1020. The lowest BCUT2D eigenvalue weighted by atomic mass is 9.87. The van der Waals surface area contributed by atoms with E-state index in [4.69, 9.17) is 4.74 Å². The number of hydrogen-bond donors (Lipinski definition) is 1. The first kappa shape index (κ1) is 20.9. The Labute approximate surface area is 182 Å². The quantitative estimate of drug-likeness (QED) is 0.751. The van der Waals surface area contributed by atoms with Crippen LogP contribution in [0.1, 0.15) is 43.7 Å². The molecule has 1 saturated heterocycles. The van der Waals surface area contributed by atoms with Crippen LogP contribution in [0.3, 0.4) is 0 Å². The van der Waals surface area contributed by atoms with Gasteiger partial charge in [0.2, 0.25) is 5.91 Å². The Balaban J connectivity index is 1.62. The van der Waals surface area contributed by atoms with Gasteiger partial charge in [0.15, 0.2) is 0 Å². The van der Waals surface area contributed by atoms with E-state index in [1.807, 2.05) is 55.5 Å². The van der Waals surface area contributed by atoms with Gasteiger partial charge in [0.1, 0.15) is 17.8 Å². The largest absolute Gasteiger partial charge is 0.495 e. The van der Waals surface area contributed by atoms with Gasteiger partial charge in [0, 0.05) is 6.54 Å². The molecule has 0 unspecified atom stereocenters. The Morgan fingerprint density at radius 2 is 1.90 bits per heavy atom. The molecule has 2 aliphatic heterocycles. The van der Waals surface area contributed by atoms with Gasteiger partial charge in [-0.2, -0.15) is 0 Å². The van der Waals surface area contributed by atoms with Crippen molar-refractivity contribution in [1.82, 2.24) is 10.2 Å². The predicted molar refractivity (Wildman–Crippen MR) is 117 cm³/mol. The first-order valence-electron chi connectivity index (χ1n) is 10.6. The molecule has 1 N–H and O–H groups in total. The first-order valence-corrected chi connectivity index (χ1v) is 10.6. The van der Waals surface area contributed by atoms with Crippen molar-refractivity contribution < 1.29 is 19.1 Å². The predicted octanol–water partition coefficient (Wildman–Crippen LogP) is 3.39. The van der Waals surface area contributed by atoms with E-state index in [2.05, 4.69) is 12.2 Å². The van der Waals surface area contributed by atoms with Crippen LogP contribution in [0.4, 0.5) is 10.5 Å². The number of para-hydroxylation sites is 1. The smallest absolute Gasteiger partial charge is 0.325 e. The van der Waals surface area contributed by atoms with Crippen LogP contribution in [0.25, 0.3) is 0 Å². The van der Waals surface area contributed by atoms with Gasteiger partial charge >= 0.3 is 6.03 Å². The summed E-state index contributed by atoms with van der Waals surface area (Å²) in [6.45, 7) is 4.16. The molecule has 2 atom stereocenters. The number of imide groups is 1. The molecule has 31 heavy (non-hydrogen) atoms. The normalized spacial score (nSPS) is 22.9. The van der Waals surface area contributed by atoms with Crippen LogP contribution >= 0.6 is 0 Å². The Morgan fingerprint density at radius 1 is 1.16 bits per heavy atom. The van der Waals surface area contributed by atoms with Crippen molar-refractivity contribution in [3.8, 4) is 5.75 Å². The van der Waals surface area contributed by atoms with Gasteiger partial charge in [-0.05, 0) is 36.0 Å². The van der Waals surface area contributed by atoms with E-state index < -0.39 is 17.5 Å². The van der Waals surface area contributed by atoms with Crippen LogP contribution in [-0.4, -0.2) is 42.9 Å². The first-order chi connectivity index (χ1) is 14.9. The van der Waals surface area contributed by atoms with Gasteiger partial charge < -0.3 is 15.0 Å². The summed E-state index contributed by atoms with van der Waals surface area (Å²) >= 11 is 0. The third kappa shape index (κ3) is 3.34. The van der Waals surface area contributed by atoms with Crippen molar-refractivity contribution in [3.63, 3.8) is 0 Å². The molecule has 2 aliphatic rings. The SMILES string of the molecule is CC[C@]1(c2ccccc2)NC(=O)N(CC(=O)N2CC[C@@H](C)c3cccc(OC)c32)C1=O. The molecule has 7 nitrogen and oxygen atoms in total. The second kappa shape index (κ2) is 8.06. The topological polar surface area (TPSA) is 79.0 Å². The van der Waals surface area contributed by atoms with E-state index in [0.29, 0.717) is 24.3 Å². The molecule has 0 aliphatic carbocycles. The molecule has 4 amide bonds. The highest BCUT2D eigenvalue weighted by Gasteiger charge is 2.52. The molecule has 1 fully saturated rings. The average Bonchev–Trinajstić information content (AvgIpc) is 3.04. The minimum atomic E-state index is -1.15. The summed E-state index contributed by atoms with van der Waals surface area (Å²) in [5.41, 5.74) is 1.32. The highest BCUT2D eigenvalue weighted by atomic mass is 16.5. The lowest BCUT2D eigenvalue weighted by Gasteiger charge is -2.34. The van der Waals surface area contributed by atoms with Gasteiger partial charge in [-0.1, -0.05) is 56.3 Å². The van der Waals surface area contributed by atoms with Crippen molar-refractivity contribution in [2.24, 2.45) is 0 Å². The maximum absolute atomic E-state index is 13.4. The minimum Gasteiger partial charge on any atom is -0.495 e. The summed E-state index contributed by atoms with van der Waals surface area (Å²) in [4.78, 5) is 42.1. The maximum atomic E-state index is 13.4. The van der Waals surface area contributed by atoms with Crippen LogP contribution in [0.5, 0.6) is 5.75 Å². The van der Waals surface area contributed by atoms with E-state index in [1.54, 1.807) is 12.0 Å². The number of rotatable bonds is 5. The van der Waals surface area contributed by atoms with E-state index in [1.165, 1.54) is 0 Å². The molecule has 2 aromatic carbocycles. The lowest BCUT2D eigenvalue weighted by molar-refractivity contribution is -0.134. The maximum Gasteiger partial charge on any atom is 0.325 e. The number of urea groups is 1. The molecule has 7 heteroatoms. The van der Waals surface area contributed by atoms with Crippen molar-refractivity contribution in [3.05, 3.63) is 59.7 Å². The molecule has 2 heterocycles. The molecule has 0 aromatic heterocycles. The Morgan fingerprint density at radius 3 is 2.58 bits per heavy atom. The number of nitrogens with zero attached hydrogens (tertiary/aromatic N) is 2. The lowest BCUT2D eigenvalue weighted by Crippen LogP contribution is -2.46. The zero-order chi connectivity index (χ0) is 22.2. The number of anilines is 1. The number of benzene rings is 2. The van der Waals surface area contributed by atoms with E-state index in [9.17, 15) is 14.4 Å². The summed E-state index contributed by atoms with van der Waals surface area (Å²) in [5, 5.41) is 2.83. The van der Waals surface area contributed by atoms with Gasteiger partial charge in [0.25, 0.3) is 5.91 Å². The molecule has 0 spiro atoms. The van der Waals surface area contributed by atoms with Crippen LogP contribution < -0.4 is 15.0 Å². The van der Waals surface area contributed by atoms with E-state index >= 15 is 0 Å².